The van der Waals surface area contributed by atoms with E-state index >= 15 is 0 Å². The summed E-state index contributed by atoms with van der Waals surface area (Å²) in [7, 11) is 0. The molecular weight excluding hydrogens is 226 g/mol. The Kier molecular flexibility index (Phi) is 2.68. The van der Waals surface area contributed by atoms with Crippen molar-refractivity contribution in [1.29, 1.82) is 0 Å². The Morgan fingerprint density at radius 2 is 2.38 bits per heavy atom. The molecule has 0 aliphatic heterocycles. The molecule has 0 bridgehead atoms. The van der Waals surface area contributed by atoms with Crippen LogP contribution in [0.2, 0.25) is 0 Å². The highest BCUT2D eigenvalue weighted by atomic mass is 79.9. The van der Waals surface area contributed by atoms with Crippen molar-refractivity contribution in [3.05, 3.63) is 29.6 Å². The zero-order valence-corrected chi connectivity index (χ0v) is 9.42. The second kappa shape index (κ2) is 3.79. The SMILES string of the molecule is Cc1ccnc(CC(Br)C2CC2)c1. The molecule has 2 rings (SSSR count). The third kappa shape index (κ3) is 2.53. The summed E-state index contributed by atoms with van der Waals surface area (Å²) in [5.74, 6) is 0.905. The molecule has 1 fully saturated rings. The molecule has 2 heteroatoms. The highest BCUT2D eigenvalue weighted by Gasteiger charge is 2.29. The van der Waals surface area contributed by atoms with Gasteiger partial charge in [-0.1, -0.05) is 15.9 Å². The van der Waals surface area contributed by atoms with Crippen molar-refractivity contribution in [3.63, 3.8) is 0 Å². The van der Waals surface area contributed by atoms with E-state index in [9.17, 15) is 0 Å². The molecule has 1 saturated carbocycles. The van der Waals surface area contributed by atoms with E-state index in [2.05, 4.69) is 33.9 Å². The van der Waals surface area contributed by atoms with Gasteiger partial charge in [0.05, 0.1) is 0 Å². The fourth-order valence-electron chi connectivity index (χ4n) is 1.53. The average molecular weight is 240 g/mol. The first-order valence-electron chi connectivity index (χ1n) is 4.81. The van der Waals surface area contributed by atoms with Crippen LogP contribution >= 0.6 is 15.9 Å². The molecule has 1 heterocycles. The van der Waals surface area contributed by atoms with Crippen LogP contribution in [-0.2, 0) is 6.42 Å². The van der Waals surface area contributed by atoms with Gasteiger partial charge in [-0.05, 0) is 43.4 Å². The Balaban J connectivity index is 2.00. The lowest BCUT2D eigenvalue weighted by Gasteiger charge is -2.07. The third-order valence-electron chi connectivity index (χ3n) is 2.51. The monoisotopic (exact) mass is 239 g/mol. The highest BCUT2D eigenvalue weighted by molar-refractivity contribution is 9.09. The molecule has 1 aliphatic rings. The summed E-state index contributed by atoms with van der Waals surface area (Å²) in [4.78, 5) is 5.00. The number of nitrogens with zero attached hydrogens (tertiary/aromatic N) is 1. The number of alkyl halides is 1. The summed E-state index contributed by atoms with van der Waals surface area (Å²) in [5, 5.41) is 0. The van der Waals surface area contributed by atoms with Gasteiger partial charge in [0, 0.05) is 23.1 Å². The van der Waals surface area contributed by atoms with Crippen LogP contribution in [0.4, 0.5) is 0 Å². The van der Waals surface area contributed by atoms with Crippen molar-refractivity contribution in [3.8, 4) is 0 Å². The Bertz CT molecular complexity index is 294. The molecule has 0 amide bonds. The fraction of sp³-hybridized carbons (Fsp3) is 0.545. The minimum atomic E-state index is 0.641. The van der Waals surface area contributed by atoms with Gasteiger partial charge in [0.25, 0.3) is 0 Å². The fourth-order valence-corrected chi connectivity index (χ4v) is 2.40. The summed E-state index contributed by atoms with van der Waals surface area (Å²) in [6.07, 6.45) is 5.76. The molecule has 70 valence electrons. The number of aryl methyl sites for hydroxylation is 1. The van der Waals surface area contributed by atoms with Crippen molar-refractivity contribution in [2.24, 2.45) is 5.92 Å². The van der Waals surface area contributed by atoms with Crippen LogP contribution in [0.5, 0.6) is 0 Å². The Labute approximate surface area is 87.7 Å². The van der Waals surface area contributed by atoms with E-state index in [4.69, 9.17) is 0 Å². The first-order valence-corrected chi connectivity index (χ1v) is 5.73. The van der Waals surface area contributed by atoms with Crippen LogP contribution < -0.4 is 0 Å². The molecule has 1 aliphatic carbocycles. The van der Waals surface area contributed by atoms with E-state index in [0.717, 1.165) is 12.3 Å². The second-order valence-corrected chi connectivity index (χ2v) is 5.06. The zero-order valence-electron chi connectivity index (χ0n) is 7.83. The van der Waals surface area contributed by atoms with Gasteiger partial charge in [0.15, 0.2) is 0 Å². The topological polar surface area (TPSA) is 12.9 Å². The summed E-state index contributed by atoms with van der Waals surface area (Å²) >= 11 is 3.73. The maximum atomic E-state index is 4.36. The summed E-state index contributed by atoms with van der Waals surface area (Å²) in [6.45, 7) is 2.12. The maximum Gasteiger partial charge on any atom is 0.0417 e. The average Bonchev–Trinajstić information content (AvgIpc) is 2.85. The van der Waals surface area contributed by atoms with Crippen LogP contribution in [0.3, 0.4) is 0 Å². The second-order valence-electron chi connectivity index (χ2n) is 3.88. The maximum absolute atomic E-state index is 4.36. The molecule has 0 spiro atoms. The molecule has 0 radical (unpaired) electrons. The number of hydrogen-bond donors (Lipinski definition) is 0. The lowest BCUT2D eigenvalue weighted by Crippen LogP contribution is -2.06. The predicted molar refractivity (Wildman–Crippen MR) is 58.1 cm³/mol. The van der Waals surface area contributed by atoms with Crippen LogP contribution in [0.25, 0.3) is 0 Å². The van der Waals surface area contributed by atoms with E-state index < -0.39 is 0 Å². The Hall–Kier alpha value is -0.370. The van der Waals surface area contributed by atoms with Gasteiger partial charge in [-0.3, -0.25) is 4.98 Å². The highest BCUT2D eigenvalue weighted by Crippen LogP contribution is 2.37. The van der Waals surface area contributed by atoms with Gasteiger partial charge in [-0.15, -0.1) is 0 Å². The molecule has 1 atom stereocenters. The van der Waals surface area contributed by atoms with Gasteiger partial charge in [0.2, 0.25) is 0 Å². The number of hydrogen-bond acceptors (Lipinski definition) is 1. The summed E-state index contributed by atoms with van der Waals surface area (Å²) < 4.78 is 0. The van der Waals surface area contributed by atoms with Crippen LogP contribution in [0.15, 0.2) is 18.3 Å². The van der Waals surface area contributed by atoms with Crippen molar-refractivity contribution >= 4 is 15.9 Å². The summed E-state index contributed by atoms with van der Waals surface area (Å²) in [5.41, 5.74) is 2.52. The van der Waals surface area contributed by atoms with E-state index in [1.165, 1.54) is 24.1 Å². The lowest BCUT2D eigenvalue weighted by molar-refractivity contribution is 0.746. The lowest BCUT2D eigenvalue weighted by atomic mass is 10.1. The van der Waals surface area contributed by atoms with Gasteiger partial charge in [0.1, 0.15) is 0 Å². The first kappa shape index (κ1) is 9.20. The number of rotatable bonds is 3. The largest absolute Gasteiger partial charge is 0.261 e. The number of pyridine rings is 1. The molecule has 0 N–H and O–H groups in total. The minimum absolute atomic E-state index is 0.641. The third-order valence-corrected chi connectivity index (χ3v) is 3.58. The van der Waals surface area contributed by atoms with Gasteiger partial charge >= 0.3 is 0 Å². The predicted octanol–water partition coefficient (Wildman–Crippen LogP) is 3.11. The molecule has 1 aromatic rings. The summed E-state index contributed by atoms with van der Waals surface area (Å²) in [6, 6.07) is 4.22. The molecule has 13 heavy (non-hydrogen) atoms. The standard InChI is InChI=1S/C11H14BrN/c1-8-4-5-13-10(6-8)7-11(12)9-2-3-9/h4-6,9,11H,2-3,7H2,1H3. The quantitative estimate of drug-likeness (QED) is 0.740. The minimum Gasteiger partial charge on any atom is -0.261 e. The van der Waals surface area contributed by atoms with E-state index in [-0.39, 0.29) is 0 Å². The van der Waals surface area contributed by atoms with Crippen molar-refractivity contribution < 1.29 is 0 Å². The van der Waals surface area contributed by atoms with Crippen LogP contribution in [0, 0.1) is 12.8 Å². The van der Waals surface area contributed by atoms with Gasteiger partial charge < -0.3 is 0 Å². The molecule has 0 aromatic carbocycles. The van der Waals surface area contributed by atoms with Crippen LogP contribution in [0.1, 0.15) is 24.1 Å². The molecule has 1 unspecified atom stereocenters. The molecular formula is C11H14BrN. The Morgan fingerprint density at radius 3 is 3.00 bits per heavy atom. The smallest absolute Gasteiger partial charge is 0.0417 e. The van der Waals surface area contributed by atoms with E-state index in [1.54, 1.807) is 0 Å². The number of halogens is 1. The van der Waals surface area contributed by atoms with E-state index in [1.807, 2.05) is 12.3 Å². The van der Waals surface area contributed by atoms with Gasteiger partial charge in [-0.25, -0.2) is 0 Å². The van der Waals surface area contributed by atoms with E-state index in [0.29, 0.717) is 4.83 Å². The molecule has 1 nitrogen and oxygen atoms in total. The normalized spacial score (nSPS) is 18.6. The van der Waals surface area contributed by atoms with Gasteiger partial charge in [-0.2, -0.15) is 0 Å². The zero-order chi connectivity index (χ0) is 9.26. The first-order chi connectivity index (χ1) is 6.25. The molecule has 0 saturated heterocycles. The van der Waals surface area contributed by atoms with Crippen molar-refractivity contribution in [2.45, 2.75) is 31.0 Å². The van der Waals surface area contributed by atoms with Crippen molar-refractivity contribution in [2.75, 3.05) is 0 Å². The molecule has 1 aromatic heterocycles. The number of aromatic nitrogens is 1. The van der Waals surface area contributed by atoms with Crippen LogP contribution in [-0.4, -0.2) is 9.81 Å². The Morgan fingerprint density at radius 1 is 1.62 bits per heavy atom. The van der Waals surface area contributed by atoms with Crippen molar-refractivity contribution in [1.82, 2.24) is 4.98 Å².